The summed E-state index contributed by atoms with van der Waals surface area (Å²) in [6.45, 7) is 6.04. The highest BCUT2D eigenvalue weighted by molar-refractivity contribution is 5.88. The number of fused-ring (bicyclic) bond motifs is 1. The van der Waals surface area contributed by atoms with Crippen LogP contribution in [0.3, 0.4) is 0 Å². The van der Waals surface area contributed by atoms with Crippen molar-refractivity contribution >= 4 is 16.9 Å². The highest BCUT2D eigenvalue weighted by atomic mass is 15.3. The molecule has 0 aromatic carbocycles. The Morgan fingerprint density at radius 2 is 1.93 bits per heavy atom. The Morgan fingerprint density at radius 1 is 1.11 bits per heavy atom. The lowest BCUT2D eigenvalue weighted by atomic mass is 10.2. The van der Waals surface area contributed by atoms with Gasteiger partial charge in [0.05, 0.1) is 11.6 Å². The zero-order chi connectivity index (χ0) is 19.5. The highest BCUT2D eigenvalue weighted by Gasteiger charge is 2.13. The van der Waals surface area contributed by atoms with E-state index < -0.39 is 0 Å². The van der Waals surface area contributed by atoms with E-state index in [2.05, 4.69) is 43.8 Å². The first-order valence-corrected chi connectivity index (χ1v) is 9.48. The molecule has 4 heterocycles. The van der Waals surface area contributed by atoms with Crippen molar-refractivity contribution in [1.82, 2.24) is 34.3 Å². The monoisotopic (exact) mass is 376 g/mol. The molecule has 0 fully saturated rings. The minimum atomic E-state index is 0.419. The molecule has 4 aromatic heterocycles. The molecular formula is C20H24N8. The van der Waals surface area contributed by atoms with Crippen LogP contribution in [0.25, 0.3) is 22.4 Å². The van der Waals surface area contributed by atoms with Gasteiger partial charge >= 0.3 is 0 Å². The summed E-state index contributed by atoms with van der Waals surface area (Å²) in [5, 5.41) is 8.73. The standard InChI is InChI=1S/C20H24N8/c1-14(2)19-23-10-12-28(19)11-4-7-22-18-16-13-24-27(3)20(16)26-17(25-18)15-5-8-21-9-6-15/h5-6,8-10,12-14H,4,7,11H2,1-3H3,(H,22,25,26). The fourth-order valence-electron chi connectivity index (χ4n) is 3.25. The smallest absolute Gasteiger partial charge is 0.164 e. The molecule has 0 spiro atoms. The summed E-state index contributed by atoms with van der Waals surface area (Å²) in [4.78, 5) is 17.9. The van der Waals surface area contributed by atoms with Crippen LogP contribution >= 0.6 is 0 Å². The molecule has 0 atom stereocenters. The summed E-state index contributed by atoms with van der Waals surface area (Å²) in [6, 6.07) is 3.82. The maximum atomic E-state index is 4.74. The first-order valence-electron chi connectivity index (χ1n) is 9.48. The fraction of sp³-hybridized carbons (Fsp3) is 0.350. The van der Waals surface area contributed by atoms with Crippen LogP contribution in [0.2, 0.25) is 0 Å². The highest BCUT2D eigenvalue weighted by Crippen LogP contribution is 2.24. The van der Waals surface area contributed by atoms with Gasteiger partial charge in [-0.25, -0.2) is 15.0 Å². The predicted molar refractivity (Wildman–Crippen MR) is 109 cm³/mol. The van der Waals surface area contributed by atoms with E-state index in [1.807, 2.05) is 31.6 Å². The van der Waals surface area contributed by atoms with Gasteiger partial charge in [-0.3, -0.25) is 9.67 Å². The Labute approximate surface area is 163 Å². The summed E-state index contributed by atoms with van der Waals surface area (Å²) >= 11 is 0. The van der Waals surface area contributed by atoms with Crippen molar-refractivity contribution in [3.05, 3.63) is 48.9 Å². The van der Waals surface area contributed by atoms with E-state index >= 15 is 0 Å². The molecule has 0 aliphatic rings. The molecule has 28 heavy (non-hydrogen) atoms. The van der Waals surface area contributed by atoms with E-state index in [4.69, 9.17) is 4.98 Å². The minimum absolute atomic E-state index is 0.419. The average Bonchev–Trinajstić information content (AvgIpc) is 3.33. The number of rotatable bonds is 7. The van der Waals surface area contributed by atoms with Gasteiger partial charge in [0.1, 0.15) is 11.6 Å². The first kappa shape index (κ1) is 18.1. The largest absolute Gasteiger partial charge is 0.369 e. The average molecular weight is 376 g/mol. The summed E-state index contributed by atoms with van der Waals surface area (Å²) in [6.07, 6.45) is 10.2. The molecule has 144 valence electrons. The lowest BCUT2D eigenvalue weighted by Gasteiger charge is -2.12. The van der Waals surface area contributed by atoms with Crippen LogP contribution in [0.5, 0.6) is 0 Å². The van der Waals surface area contributed by atoms with Crippen LogP contribution in [0.1, 0.15) is 32.0 Å². The maximum Gasteiger partial charge on any atom is 0.164 e. The molecule has 0 unspecified atom stereocenters. The van der Waals surface area contributed by atoms with E-state index in [1.54, 1.807) is 23.3 Å². The third-order valence-electron chi connectivity index (χ3n) is 4.66. The van der Waals surface area contributed by atoms with E-state index in [1.165, 1.54) is 0 Å². The Morgan fingerprint density at radius 3 is 2.71 bits per heavy atom. The summed E-state index contributed by atoms with van der Waals surface area (Å²) in [7, 11) is 1.89. The van der Waals surface area contributed by atoms with Crippen LogP contribution in [0, 0.1) is 0 Å². The van der Waals surface area contributed by atoms with E-state index in [9.17, 15) is 0 Å². The number of aryl methyl sites for hydroxylation is 2. The van der Waals surface area contributed by atoms with Gasteiger partial charge in [0.2, 0.25) is 0 Å². The van der Waals surface area contributed by atoms with Crippen LogP contribution in [0.4, 0.5) is 5.82 Å². The van der Waals surface area contributed by atoms with E-state index in [0.717, 1.165) is 47.7 Å². The van der Waals surface area contributed by atoms with Crippen molar-refractivity contribution in [2.24, 2.45) is 7.05 Å². The number of nitrogens with one attached hydrogen (secondary N) is 1. The van der Waals surface area contributed by atoms with Crippen molar-refractivity contribution in [3.8, 4) is 11.4 Å². The lowest BCUT2D eigenvalue weighted by molar-refractivity contribution is 0.600. The second kappa shape index (κ2) is 7.75. The number of anilines is 1. The summed E-state index contributed by atoms with van der Waals surface area (Å²) < 4.78 is 3.99. The normalized spacial score (nSPS) is 11.4. The van der Waals surface area contributed by atoms with Gasteiger partial charge in [0.15, 0.2) is 11.5 Å². The van der Waals surface area contributed by atoms with Gasteiger partial charge in [-0.05, 0) is 18.6 Å². The summed E-state index contributed by atoms with van der Waals surface area (Å²) in [5.74, 6) is 3.01. The van der Waals surface area contributed by atoms with Crippen LogP contribution < -0.4 is 5.32 Å². The van der Waals surface area contributed by atoms with Gasteiger partial charge < -0.3 is 9.88 Å². The molecule has 0 saturated carbocycles. The molecule has 4 aromatic rings. The zero-order valence-corrected chi connectivity index (χ0v) is 16.4. The Bertz CT molecular complexity index is 1060. The molecular weight excluding hydrogens is 352 g/mol. The molecule has 0 aliphatic heterocycles. The van der Waals surface area contributed by atoms with Crippen molar-refractivity contribution in [1.29, 1.82) is 0 Å². The van der Waals surface area contributed by atoms with Gasteiger partial charge in [-0.2, -0.15) is 5.10 Å². The molecule has 0 amide bonds. The van der Waals surface area contributed by atoms with Crippen LogP contribution in [-0.4, -0.2) is 40.8 Å². The van der Waals surface area contributed by atoms with Crippen molar-refractivity contribution in [3.63, 3.8) is 0 Å². The molecule has 0 saturated heterocycles. The minimum Gasteiger partial charge on any atom is -0.369 e. The summed E-state index contributed by atoms with van der Waals surface area (Å²) in [5.41, 5.74) is 1.74. The van der Waals surface area contributed by atoms with Gasteiger partial charge in [-0.15, -0.1) is 0 Å². The van der Waals surface area contributed by atoms with Gasteiger partial charge in [0.25, 0.3) is 0 Å². The van der Waals surface area contributed by atoms with Gasteiger partial charge in [0, 0.05) is 56.4 Å². The topological polar surface area (TPSA) is 86.3 Å². The molecule has 8 nitrogen and oxygen atoms in total. The first-order chi connectivity index (χ1) is 13.6. The van der Waals surface area contributed by atoms with E-state index in [0.29, 0.717) is 11.7 Å². The predicted octanol–water partition coefficient (Wildman–Crippen LogP) is 3.25. The number of hydrogen-bond acceptors (Lipinski definition) is 6. The third kappa shape index (κ3) is 3.58. The van der Waals surface area contributed by atoms with Crippen molar-refractivity contribution in [2.45, 2.75) is 32.7 Å². The van der Waals surface area contributed by atoms with Crippen molar-refractivity contribution in [2.75, 3.05) is 11.9 Å². The second-order valence-corrected chi connectivity index (χ2v) is 7.05. The maximum absolute atomic E-state index is 4.74. The number of imidazole rings is 1. The Hall–Kier alpha value is -3.29. The van der Waals surface area contributed by atoms with E-state index in [-0.39, 0.29) is 0 Å². The Kier molecular flexibility index (Phi) is 5.01. The van der Waals surface area contributed by atoms with Crippen LogP contribution in [-0.2, 0) is 13.6 Å². The zero-order valence-electron chi connectivity index (χ0n) is 16.4. The molecule has 8 heteroatoms. The second-order valence-electron chi connectivity index (χ2n) is 7.05. The molecule has 4 rings (SSSR count). The fourth-order valence-corrected chi connectivity index (χ4v) is 3.25. The molecule has 0 bridgehead atoms. The van der Waals surface area contributed by atoms with Crippen LogP contribution in [0.15, 0.2) is 43.1 Å². The number of aromatic nitrogens is 7. The number of nitrogens with zero attached hydrogens (tertiary/aromatic N) is 7. The third-order valence-corrected chi connectivity index (χ3v) is 4.66. The van der Waals surface area contributed by atoms with Crippen molar-refractivity contribution < 1.29 is 0 Å². The Balaban J connectivity index is 1.52. The van der Waals surface area contributed by atoms with Gasteiger partial charge in [-0.1, -0.05) is 13.8 Å². The molecule has 0 aliphatic carbocycles. The molecule has 1 N–H and O–H groups in total. The lowest BCUT2D eigenvalue weighted by Crippen LogP contribution is -2.11. The number of hydrogen-bond donors (Lipinski definition) is 1. The SMILES string of the molecule is CC(C)c1nccn1CCCNc1nc(-c2ccncc2)nc2c1cnn2C. The molecule has 0 radical (unpaired) electrons. The number of pyridine rings is 1. The quantitative estimate of drug-likeness (QED) is 0.498.